The molecule has 2 rings (SSSR count). The molecular weight excluding hydrogens is 288 g/mol. The van der Waals surface area contributed by atoms with Crippen LogP contribution < -0.4 is 10.5 Å². The summed E-state index contributed by atoms with van der Waals surface area (Å²) in [5.41, 5.74) is 6.38. The average Bonchev–Trinajstić information content (AvgIpc) is 2.34. The summed E-state index contributed by atoms with van der Waals surface area (Å²) in [5.74, 6) is -0.0482. The van der Waals surface area contributed by atoms with E-state index in [9.17, 15) is 4.39 Å². The van der Waals surface area contributed by atoms with Gasteiger partial charge in [0.05, 0.1) is 5.02 Å². The Hall–Kier alpha value is -1.29. The molecule has 0 aliphatic rings. The lowest BCUT2D eigenvalue weighted by Gasteiger charge is -2.11. The fraction of sp³-hybridized carbons (Fsp3) is 0.143. The Kier molecular flexibility index (Phi) is 4.30. The normalized spacial score (nSPS) is 12.3. The van der Waals surface area contributed by atoms with Crippen molar-refractivity contribution < 1.29 is 9.13 Å². The molecule has 2 N–H and O–H groups in total. The molecule has 19 heavy (non-hydrogen) atoms. The van der Waals surface area contributed by atoms with Crippen LogP contribution in [0.3, 0.4) is 0 Å². The number of benzene rings is 2. The van der Waals surface area contributed by atoms with E-state index in [-0.39, 0.29) is 11.8 Å². The largest absolute Gasteiger partial charge is 0.453 e. The highest BCUT2D eigenvalue weighted by molar-refractivity contribution is 6.35. The predicted octanol–water partition coefficient (Wildman–Crippen LogP) is 4.94. The Bertz CT molecular complexity index is 602. The Morgan fingerprint density at radius 1 is 1.11 bits per heavy atom. The van der Waals surface area contributed by atoms with Crippen LogP contribution in [0.5, 0.6) is 11.5 Å². The molecule has 100 valence electrons. The van der Waals surface area contributed by atoms with Gasteiger partial charge >= 0.3 is 0 Å². The molecule has 0 spiro atoms. The van der Waals surface area contributed by atoms with E-state index in [0.29, 0.717) is 21.4 Å². The monoisotopic (exact) mass is 299 g/mol. The highest BCUT2D eigenvalue weighted by Crippen LogP contribution is 2.33. The molecular formula is C14H12Cl2FNO. The SMILES string of the molecule is C[C@H](N)c1ccc(Oc2ccc(Cl)cc2Cl)c(F)c1. The van der Waals surface area contributed by atoms with E-state index >= 15 is 0 Å². The van der Waals surface area contributed by atoms with E-state index in [0.717, 1.165) is 0 Å². The first kappa shape index (κ1) is 14.1. The number of hydrogen-bond acceptors (Lipinski definition) is 2. The third-order valence-electron chi connectivity index (χ3n) is 2.60. The molecule has 0 heterocycles. The molecule has 0 bridgehead atoms. The summed E-state index contributed by atoms with van der Waals surface area (Å²) in [5, 5.41) is 0.813. The van der Waals surface area contributed by atoms with E-state index in [1.54, 1.807) is 25.1 Å². The summed E-state index contributed by atoms with van der Waals surface area (Å²) in [6.45, 7) is 1.78. The van der Waals surface area contributed by atoms with Crippen LogP contribution >= 0.6 is 23.2 Å². The van der Waals surface area contributed by atoms with Crippen LogP contribution in [0.4, 0.5) is 4.39 Å². The molecule has 0 aliphatic carbocycles. The van der Waals surface area contributed by atoms with Gasteiger partial charge in [0.25, 0.3) is 0 Å². The molecule has 0 saturated heterocycles. The quantitative estimate of drug-likeness (QED) is 0.871. The smallest absolute Gasteiger partial charge is 0.166 e. The van der Waals surface area contributed by atoms with Crippen molar-refractivity contribution in [1.29, 1.82) is 0 Å². The zero-order valence-corrected chi connectivity index (χ0v) is 11.7. The molecule has 0 radical (unpaired) electrons. The van der Waals surface area contributed by atoms with Gasteiger partial charge in [-0.3, -0.25) is 0 Å². The Morgan fingerprint density at radius 3 is 2.37 bits per heavy atom. The van der Waals surface area contributed by atoms with Crippen LogP contribution in [0.1, 0.15) is 18.5 Å². The van der Waals surface area contributed by atoms with Gasteiger partial charge in [-0.05, 0) is 42.8 Å². The molecule has 1 atom stereocenters. The lowest BCUT2D eigenvalue weighted by atomic mass is 10.1. The maximum atomic E-state index is 13.9. The van der Waals surface area contributed by atoms with Gasteiger partial charge in [-0.2, -0.15) is 0 Å². The third kappa shape index (κ3) is 3.38. The Labute approximate surface area is 120 Å². The molecule has 0 amide bonds. The minimum Gasteiger partial charge on any atom is -0.453 e. The zero-order chi connectivity index (χ0) is 14.0. The molecule has 2 aromatic carbocycles. The molecule has 0 fully saturated rings. The number of hydrogen-bond donors (Lipinski definition) is 1. The van der Waals surface area contributed by atoms with Gasteiger partial charge in [-0.25, -0.2) is 4.39 Å². The maximum absolute atomic E-state index is 13.9. The second-order valence-electron chi connectivity index (χ2n) is 4.16. The van der Waals surface area contributed by atoms with Gasteiger partial charge < -0.3 is 10.5 Å². The molecule has 2 nitrogen and oxygen atoms in total. The first-order valence-corrected chi connectivity index (χ1v) is 6.41. The summed E-state index contributed by atoms with van der Waals surface area (Å²) in [7, 11) is 0. The Balaban J connectivity index is 2.28. The summed E-state index contributed by atoms with van der Waals surface area (Å²) < 4.78 is 19.3. The zero-order valence-electron chi connectivity index (χ0n) is 10.2. The van der Waals surface area contributed by atoms with Crippen LogP contribution in [-0.2, 0) is 0 Å². The van der Waals surface area contributed by atoms with Crippen molar-refractivity contribution in [3.05, 3.63) is 57.8 Å². The summed E-state index contributed by atoms with van der Waals surface area (Å²) in [6.07, 6.45) is 0. The topological polar surface area (TPSA) is 35.2 Å². The van der Waals surface area contributed by atoms with Crippen molar-refractivity contribution in [1.82, 2.24) is 0 Å². The minimum absolute atomic E-state index is 0.0913. The second-order valence-corrected chi connectivity index (χ2v) is 5.00. The lowest BCUT2D eigenvalue weighted by molar-refractivity contribution is 0.441. The maximum Gasteiger partial charge on any atom is 0.166 e. The van der Waals surface area contributed by atoms with E-state index in [2.05, 4.69) is 0 Å². The number of nitrogens with two attached hydrogens (primary N) is 1. The molecule has 0 unspecified atom stereocenters. The van der Waals surface area contributed by atoms with Crippen LogP contribution in [0.2, 0.25) is 10.0 Å². The fourth-order valence-electron chi connectivity index (χ4n) is 1.56. The molecule has 0 aliphatic heterocycles. The lowest BCUT2D eigenvalue weighted by Crippen LogP contribution is -2.05. The van der Waals surface area contributed by atoms with Crippen LogP contribution in [0.25, 0.3) is 0 Å². The first-order valence-electron chi connectivity index (χ1n) is 5.65. The van der Waals surface area contributed by atoms with Crippen molar-refractivity contribution in [2.75, 3.05) is 0 Å². The summed E-state index contributed by atoms with van der Waals surface area (Å²) in [4.78, 5) is 0. The number of rotatable bonds is 3. The van der Waals surface area contributed by atoms with Gasteiger partial charge in [0, 0.05) is 11.1 Å². The summed E-state index contributed by atoms with van der Waals surface area (Å²) in [6, 6.07) is 9.10. The highest BCUT2D eigenvalue weighted by atomic mass is 35.5. The van der Waals surface area contributed by atoms with Gasteiger partial charge in [0.2, 0.25) is 0 Å². The van der Waals surface area contributed by atoms with Crippen LogP contribution in [0.15, 0.2) is 36.4 Å². The summed E-state index contributed by atoms with van der Waals surface area (Å²) >= 11 is 11.7. The standard InChI is InChI=1S/C14H12Cl2FNO/c1-8(18)9-2-4-14(12(17)6-9)19-13-5-3-10(15)7-11(13)16/h2-8H,18H2,1H3/t8-/m0/s1. The van der Waals surface area contributed by atoms with Gasteiger partial charge in [-0.1, -0.05) is 29.3 Å². The molecule has 0 aromatic heterocycles. The highest BCUT2D eigenvalue weighted by Gasteiger charge is 2.10. The predicted molar refractivity (Wildman–Crippen MR) is 75.5 cm³/mol. The van der Waals surface area contributed by atoms with Crippen molar-refractivity contribution in [2.24, 2.45) is 5.73 Å². The molecule has 2 aromatic rings. The van der Waals surface area contributed by atoms with Crippen molar-refractivity contribution >= 4 is 23.2 Å². The van der Waals surface area contributed by atoms with Crippen molar-refractivity contribution in [3.63, 3.8) is 0 Å². The fourth-order valence-corrected chi connectivity index (χ4v) is 2.01. The van der Waals surface area contributed by atoms with Gasteiger partial charge in [-0.15, -0.1) is 0 Å². The van der Waals surface area contributed by atoms with Gasteiger partial charge in [0.1, 0.15) is 5.75 Å². The van der Waals surface area contributed by atoms with E-state index in [1.165, 1.54) is 18.2 Å². The van der Waals surface area contributed by atoms with Crippen molar-refractivity contribution in [3.8, 4) is 11.5 Å². The Morgan fingerprint density at radius 2 is 1.79 bits per heavy atom. The van der Waals surface area contributed by atoms with Gasteiger partial charge in [0.15, 0.2) is 11.6 Å². The minimum atomic E-state index is -0.485. The second kappa shape index (κ2) is 5.78. The molecule has 5 heteroatoms. The number of ether oxygens (including phenoxy) is 1. The number of halogens is 3. The van der Waals surface area contributed by atoms with E-state index < -0.39 is 5.82 Å². The van der Waals surface area contributed by atoms with E-state index in [4.69, 9.17) is 33.7 Å². The van der Waals surface area contributed by atoms with Crippen molar-refractivity contribution in [2.45, 2.75) is 13.0 Å². The van der Waals surface area contributed by atoms with E-state index in [1.807, 2.05) is 0 Å². The van der Waals surface area contributed by atoms with Crippen LogP contribution in [0, 0.1) is 5.82 Å². The molecule has 0 saturated carbocycles. The average molecular weight is 300 g/mol. The third-order valence-corrected chi connectivity index (χ3v) is 3.13. The van der Waals surface area contributed by atoms with Crippen LogP contribution in [-0.4, -0.2) is 0 Å². The first-order chi connectivity index (χ1) is 8.97.